The molecule has 0 aliphatic heterocycles. The lowest BCUT2D eigenvalue weighted by atomic mass is 9.93. The van der Waals surface area contributed by atoms with Crippen molar-refractivity contribution in [1.29, 1.82) is 0 Å². The van der Waals surface area contributed by atoms with E-state index in [1.54, 1.807) is 6.07 Å². The summed E-state index contributed by atoms with van der Waals surface area (Å²) in [7, 11) is 0. The molecule has 0 radical (unpaired) electrons. The number of nitrogens with two attached hydrogens (primary N) is 2. The molecule has 0 spiro atoms. The monoisotopic (exact) mass is 244 g/mol. The SMILES string of the molecule is Cc1ccc(N)c(O)c1[C@@H](N)CC(C)C.Cl. The maximum absolute atomic E-state index is 9.86. The molecular weight excluding hydrogens is 224 g/mol. The van der Waals surface area contributed by atoms with Crippen molar-refractivity contribution in [2.24, 2.45) is 11.7 Å². The first-order valence-electron chi connectivity index (χ1n) is 5.27. The van der Waals surface area contributed by atoms with Gasteiger partial charge in [-0.15, -0.1) is 12.4 Å². The predicted octanol–water partition coefficient (Wildman–Crippen LogP) is 2.75. The topological polar surface area (TPSA) is 72.3 Å². The second-order valence-electron chi connectivity index (χ2n) is 4.47. The summed E-state index contributed by atoms with van der Waals surface area (Å²) in [5.41, 5.74) is 13.9. The van der Waals surface area contributed by atoms with Crippen molar-refractivity contribution < 1.29 is 5.11 Å². The number of halogens is 1. The van der Waals surface area contributed by atoms with E-state index in [-0.39, 0.29) is 24.2 Å². The number of aryl methyl sites for hydroxylation is 1. The number of anilines is 1. The molecule has 5 N–H and O–H groups in total. The first-order chi connectivity index (χ1) is 6.93. The maximum atomic E-state index is 9.86. The maximum Gasteiger partial charge on any atom is 0.143 e. The predicted molar refractivity (Wildman–Crippen MR) is 70.9 cm³/mol. The quantitative estimate of drug-likeness (QED) is 0.566. The van der Waals surface area contributed by atoms with Gasteiger partial charge in [-0.2, -0.15) is 0 Å². The van der Waals surface area contributed by atoms with Crippen LogP contribution in [0.1, 0.15) is 37.4 Å². The Hall–Kier alpha value is -0.930. The van der Waals surface area contributed by atoms with Crippen LogP contribution >= 0.6 is 12.4 Å². The first kappa shape index (κ1) is 15.1. The van der Waals surface area contributed by atoms with Crippen molar-refractivity contribution in [3.05, 3.63) is 23.3 Å². The summed E-state index contributed by atoms with van der Waals surface area (Å²) >= 11 is 0. The molecule has 0 aliphatic carbocycles. The van der Waals surface area contributed by atoms with Crippen LogP contribution < -0.4 is 11.5 Å². The molecule has 0 amide bonds. The Morgan fingerprint density at radius 2 is 1.88 bits per heavy atom. The third-order valence-electron chi connectivity index (χ3n) is 2.56. The molecule has 0 saturated carbocycles. The molecule has 1 rings (SSSR count). The smallest absolute Gasteiger partial charge is 0.143 e. The lowest BCUT2D eigenvalue weighted by Crippen LogP contribution is -2.15. The lowest BCUT2D eigenvalue weighted by molar-refractivity contribution is 0.446. The summed E-state index contributed by atoms with van der Waals surface area (Å²) in [6, 6.07) is 3.45. The van der Waals surface area contributed by atoms with Gasteiger partial charge in [-0.3, -0.25) is 0 Å². The minimum atomic E-state index is -0.145. The summed E-state index contributed by atoms with van der Waals surface area (Å²) in [5, 5.41) is 9.86. The molecule has 0 fully saturated rings. The van der Waals surface area contributed by atoms with Gasteiger partial charge in [0.25, 0.3) is 0 Å². The fourth-order valence-corrected chi connectivity index (χ4v) is 1.82. The van der Waals surface area contributed by atoms with Crippen molar-refractivity contribution in [1.82, 2.24) is 0 Å². The van der Waals surface area contributed by atoms with Gasteiger partial charge < -0.3 is 16.6 Å². The lowest BCUT2D eigenvalue weighted by Gasteiger charge is -2.19. The first-order valence-corrected chi connectivity index (χ1v) is 5.27. The summed E-state index contributed by atoms with van der Waals surface area (Å²) in [4.78, 5) is 0. The Balaban J connectivity index is 0.00000225. The van der Waals surface area contributed by atoms with E-state index in [0.717, 1.165) is 17.5 Å². The van der Waals surface area contributed by atoms with Gasteiger partial charge >= 0.3 is 0 Å². The van der Waals surface area contributed by atoms with Crippen molar-refractivity contribution in [2.75, 3.05) is 5.73 Å². The molecule has 0 unspecified atom stereocenters. The molecule has 1 aromatic rings. The summed E-state index contributed by atoms with van der Waals surface area (Å²) in [5.74, 6) is 0.642. The number of hydrogen-bond acceptors (Lipinski definition) is 3. The molecule has 4 heteroatoms. The van der Waals surface area contributed by atoms with Crippen molar-refractivity contribution in [3.8, 4) is 5.75 Å². The second-order valence-corrected chi connectivity index (χ2v) is 4.47. The zero-order chi connectivity index (χ0) is 11.6. The van der Waals surface area contributed by atoms with Crippen LogP contribution in [-0.2, 0) is 0 Å². The molecule has 1 aromatic carbocycles. The average Bonchev–Trinajstić information content (AvgIpc) is 2.11. The Morgan fingerprint density at radius 3 is 2.38 bits per heavy atom. The van der Waals surface area contributed by atoms with Crippen LogP contribution in [0.25, 0.3) is 0 Å². The molecule has 0 aromatic heterocycles. The van der Waals surface area contributed by atoms with Crippen molar-refractivity contribution >= 4 is 18.1 Å². The molecule has 0 saturated heterocycles. The second kappa shape index (κ2) is 5.97. The van der Waals surface area contributed by atoms with E-state index < -0.39 is 0 Å². The number of rotatable bonds is 3. The largest absolute Gasteiger partial charge is 0.505 e. The average molecular weight is 245 g/mol. The number of benzene rings is 1. The third-order valence-corrected chi connectivity index (χ3v) is 2.56. The van der Waals surface area contributed by atoms with Gasteiger partial charge in [0.15, 0.2) is 0 Å². The Bertz CT molecular complexity index is 353. The zero-order valence-electron chi connectivity index (χ0n) is 10.0. The number of nitrogen functional groups attached to an aromatic ring is 1. The molecule has 0 aliphatic rings. The van der Waals surface area contributed by atoms with Gasteiger partial charge in [0.05, 0.1) is 5.69 Å². The van der Waals surface area contributed by atoms with Gasteiger partial charge in [-0.05, 0) is 30.9 Å². The van der Waals surface area contributed by atoms with Gasteiger partial charge in [-0.25, -0.2) is 0 Å². The van der Waals surface area contributed by atoms with E-state index in [1.165, 1.54) is 0 Å². The van der Waals surface area contributed by atoms with Gasteiger partial charge in [0.1, 0.15) is 5.75 Å². The zero-order valence-corrected chi connectivity index (χ0v) is 10.8. The minimum absolute atomic E-state index is 0. The number of phenols is 1. The molecule has 16 heavy (non-hydrogen) atoms. The van der Waals surface area contributed by atoms with E-state index in [4.69, 9.17) is 11.5 Å². The Kier molecular flexibility index (Phi) is 5.62. The highest BCUT2D eigenvalue weighted by Crippen LogP contribution is 2.34. The molecular formula is C12H21ClN2O. The van der Waals surface area contributed by atoms with E-state index in [9.17, 15) is 5.11 Å². The van der Waals surface area contributed by atoms with Crippen LogP contribution in [0.5, 0.6) is 5.75 Å². The summed E-state index contributed by atoms with van der Waals surface area (Å²) in [6.45, 7) is 6.16. The fraction of sp³-hybridized carbons (Fsp3) is 0.500. The Labute approximate surface area is 103 Å². The molecule has 1 atom stereocenters. The highest BCUT2D eigenvalue weighted by molar-refractivity contribution is 5.85. The van der Waals surface area contributed by atoms with E-state index in [1.807, 2.05) is 13.0 Å². The molecule has 3 nitrogen and oxygen atoms in total. The van der Waals surface area contributed by atoms with Crippen LogP contribution in [0.4, 0.5) is 5.69 Å². The van der Waals surface area contributed by atoms with E-state index in [2.05, 4.69) is 13.8 Å². The highest BCUT2D eigenvalue weighted by Gasteiger charge is 2.16. The highest BCUT2D eigenvalue weighted by atomic mass is 35.5. The number of hydrogen-bond donors (Lipinski definition) is 3. The van der Waals surface area contributed by atoms with Crippen molar-refractivity contribution in [2.45, 2.75) is 33.2 Å². The number of phenolic OH excluding ortho intramolecular Hbond substituents is 1. The van der Waals surface area contributed by atoms with Crippen LogP contribution in [0.15, 0.2) is 12.1 Å². The summed E-state index contributed by atoms with van der Waals surface area (Å²) in [6.07, 6.45) is 0.845. The van der Waals surface area contributed by atoms with Crippen LogP contribution in [0.3, 0.4) is 0 Å². The van der Waals surface area contributed by atoms with Crippen molar-refractivity contribution in [3.63, 3.8) is 0 Å². The van der Waals surface area contributed by atoms with Gasteiger partial charge in [0, 0.05) is 11.6 Å². The Morgan fingerprint density at radius 1 is 1.31 bits per heavy atom. The molecule has 92 valence electrons. The normalized spacial score (nSPS) is 12.3. The van der Waals surface area contributed by atoms with E-state index >= 15 is 0 Å². The molecule has 0 bridgehead atoms. The minimum Gasteiger partial charge on any atom is -0.505 e. The van der Waals surface area contributed by atoms with Gasteiger partial charge in [-0.1, -0.05) is 19.9 Å². The van der Waals surface area contributed by atoms with Crippen LogP contribution in [0, 0.1) is 12.8 Å². The van der Waals surface area contributed by atoms with Crippen LogP contribution in [-0.4, -0.2) is 5.11 Å². The molecule has 0 heterocycles. The third kappa shape index (κ3) is 3.29. The standard InChI is InChI=1S/C12H20N2O.ClH/c1-7(2)6-10(14)11-8(3)4-5-9(13)12(11)15;/h4-5,7,10,15H,6,13-14H2,1-3H3;1H/t10-;/m0./s1. The van der Waals surface area contributed by atoms with Crippen LogP contribution in [0.2, 0.25) is 0 Å². The van der Waals surface area contributed by atoms with E-state index in [0.29, 0.717) is 11.6 Å². The van der Waals surface area contributed by atoms with Gasteiger partial charge in [0.2, 0.25) is 0 Å². The number of aromatic hydroxyl groups is 1. The fourth-order valence-electron chi connectivity index (χ4n) is 1.82. The summed E-state index contributed by atoms with van der Waals surface area (Å²) < 4.78 is 0.